The molecule has 4 heteroatoms. The third-order valence-electron chi connectivity index (χ3n) is 2.71. The number of hydrogen-bond acceptors (Lipinski definition) is 2. The summed E-state index contributed by atoms with van der Waals surface area (Å²) >= 11 is 0. The van der Waals surface area contributed by atoms with Crippen molar-refractivity contribution in [1.82, 2.24) is 0 Å². The molecule has 0 radical (unpaired) electrons. The standard InChI is InChI=1S/C11H25NO2.BrH/c1-4-5-6-7-8-9-10-12(3)11(2,13)14;/h13-14H,4-10H2,1-3H3;1H. The monoisotopic (exact) mass is 283 g/mol. The lowest BCUT2D eigenvalue weighted by Crippen LogP contribution is -3.17. The van der Waals surface area contributed by atoms with Gasteiger partial charge in [-0.3, -0.25) is 4.90 Å². The number of quaternary nitrogens is 1. The predicted octanol–water partition coefficient (Wildman–Crippen LogP) is -2.48. The molecule has 0 spiro atoms. The van der Waals surface area contributed by atoms with Gasteiger partial charge in [-0.2, -0.15) is 0 Å². The van der Waals surface area contributed by atoms with Crippen LogP contribution in [0, 0.1) is 0 Å². The summed E-state index contributed by atoms with van der Waals surface area (Å²) in [4.78, 5) is 0.771. The van der Waals surface area contributed by atoms with Crippen LogP contribution < -0.4 is 21.9 Å². The molecular formula is C11H26BrNO2. The van der Waals surface area contributed by atoms with E-state index in [0.29, 0.717) is 0 Å². The van der Waals surface area contributed by atoms with E-state index >= 15 is 0 Å². The Balaban J connectivity index is 0. The van der Waals surface area contributed by atoms with E-state index in [-0.39, 0.29) is 17.0 Å². The topological polar surface area (TPSA) is 44.9 Å². The van der Waals surface area contributed by atoms with Crippen LogP contribution >= 0.6 is 0 Å². The Morgan fingerprint density at radius 2 is 1.47 bits per heavy atom. The van der Waals surface area contributed by atoms with Crippen molar-refractivity contribution in [1.29, 1.82) is 0 Å². The minimum absolute atomic E-state index is 0. The summed E-state index contributed by atoms with van der Waals surface area (Å²) < 4.78 is 0. The highest BCUT2D eigenvalue weighted by atomic mass is 79.9. The third kappa shape index (κ3) is 10.6. The Morgan fingerprint density at radius 1 is 1.00 bits per heavy atom. The summed E-state index contributed by atoms with van der Waals surface area (Å²) in [6.07, 6.45) is 7.45. The molecule has 15 heavy (non-hydrogen) atoms. The summed E-state index contributed by atoms with van der Waals surface area (Å²) in [6, 6.07) is 0. The lowest BCUT2D eigenvalue weighted by molar-refractivity contribution is -0.987. The van der Waals surface area contributed by atoms with Crippen molar-refractivity contribution in [3.63, 3.8) is 0 Å². The van der Waals surface area contributed by atoms with Gasteiger partial charge in [0.05, 0.1) is 13.6 Å². The number of nitrogens with one attached hydrogen (secondary N) is 1. The molecule has 0 saturated carbocycles. The summed E-state index contributed by atoms with van der Waals surface area (Å²) in [6.45, 7) is 4.47. The maximum atomic E-state index is 9.25. The number of unbranched alkanes of at least 4 members (excludes halogenated alkanes) is 5. The lowest BCUT2D eigenvalue weighted by atomic mass is 10.1. The van der Waals surface area contributed by atoms with E-state index < -0.39 is 5.91 Å². The molecule has 0 amide bonds. The molecule has 0 aromatic heterocycles. The quantitative estimate of drug-likeness (QED) is 0.341. The Kier molecular flexibility index (Phi) is 11.3. The molecule has 0 aromatic carbocycles. The first-order valence-electron chi connectivity index (χ1n) is 5.76. The van der Waals surface area contributed by atoms with Crippen LogP contribution in [-0.2, 0) is 0 Å². The van der Waals surface area contributed by atoms with Gasteiger partial charge in [-0.15, -0.1) is 0 Å². The van der Waals surface area contributed by atoms with Crippen molar-refractivity contribution in [3.05, 3.63) is 0 Å². The minimum atomic E-state index is -1.58. The SMILES string of the molecule is CCCCCCCC[NH+](C)C(C)(O)O.[Br-]. The van der Waals surface area contributed by atoms with E-state index in [1.54, 1.807) is 0 Å². The molecule has 0 saturated heterocycles. The Hall–Kier alpha value is 0.360. The van der Waals surface area contributed by atoms with Gasteiger partial charge in [-0.1, -0.05) is 32.6 Å². The number of rotatable bonds is 8. The van der Waals surface area contributed by atoms with Crippen molar-refractivity contribution >= 4 is 0 Å². The van der Waals surface area contributed by atoms with Gasteiger partial charge < -0.3 is 27.2 Å². The molecule has 0 aliphatic carbocycles. The van der Waals surface area contributed by atoms with Crippen LogP contribution in [0.3, 0.4) is 0 Å². The van der Waals surface area contributed by atoms with Gasteiger partial charge in [0, 0.05) is 6.92 Å². The van der Waals surface area contributed by atoms with Gasteiger partial charge in [0.2, 0.25) is 0 Å². The summed E-state index contributed by atoms with van der Waals surface area (Å²) in [5.41, 5.74) is 0. The lowest BCUT2D eigenvalue weighted by Gasteiger charge is -2.24. The normalized spacial score (nSPS) is 13.4. The van der Waals surface area contributed by atoms with Gasteiger partial charge in [0.25, 0.3) is 0 Å². The Labute approximate surface area is 104 Å². The molecule has 0 fully saturated rings. The second-order valence-corrected chi connectivity index (χ2v) is 4.32. The molecule has 0 rings (SSSR count). The number of aliphatic hydroxyl groups is 2. The molecule has 1 atom stereocenters. The van der Waals surface area contributed by atoms with E-state index in [9.17, 15) is 10.2 Å². The average Bonchev–Trinajstić information content (AvgIpc) is 2.09. The fourth-order valence-corrected chi connectivity index (χ4v) is 1.41. The fourth-order valence-electron chi connectivity index (χ4n) is 1.41. The molecule has 3 N–H and O–H groups in total. The molecule has 0 bridgehead atoms. The molecule has 94 valence electrons. The van der Waals surface area contributed by atoms with E-state index in [4.69, 9.17) is 0 Å². The molecule has 3 nitrogen and oxygen atoms in total. The highest BCUT2D eigenvalue weighted by Gasteiger charge is 2.25. The first-order valence-corrected chi connectivity index (χ1v) is 5.76. The molecule has 0 aliphatic heterocycles. The van der Waals surface area contributed by atoms with Crippen LogP contribution in [-0.4, -0.2) is 29.7 Å². The number of hydrogen-bond donors (Lipinski definition) is 3. The van der Waals surface area contributed by atoms with Crippen LogP contribution in [0.25, 0.3) is 0 Å². The Morgan fingerprint density at radius 3 is 1.93 bits per heavy atom. The molecular weight excluding hydrogens is 258 g/mol. The van der Waals surface area contributed by atoms with E-state index in [0.717, 1.165) is 17.9 Å². The van der Waals surface area contributed by atoms with Crippen LogP contribution in [0.4, 0.5) is 0 Å². The van der Waals surface area contributed by atoms with Crippen molar-refractivity contribution in [2.45, 2.75) is 58.3 Å². The van der Waals surface area contributed by atoms with Gasteiger partial charge in [0.1, 0.15) is 0 Å². The van der Waals surface area contributed by atoms with Gasteiger partial charge in [0.15, 0.2) is 0 Å². The fraction of sp³-hybridized carbons (Fsp3) is 1.00. The Bertz CT molecular complexity index is 137. The average molecular weight is 284 g/mol. The summed E-state index contributed by atoms with van der Waals surface area (Å²) in [5.74, 6) is -1.58. The number of halogens is 1. The predicted molar refractivity (Wildman–Crippen MR) is 58.0 cm³/mol. The highest BCUT2D eigenvalue weighted by molar-refractivity contribution is 4.43. The van der Waals surface area contributed by atoms with E-state index in [1.807, 2.05) is 7.05 Å². The molecule has 0 heterocycles. The highest BCUT2D eigenvalue weighted by Crippen LogP contribution is 2.03. The smallest absolute Gasteiger partial charge is 0.309 e. The van der Waals surface area contributed by atoms with Crippen molar-refractivity contribution in [3.8, 4) is 0 Å². The van der Waals surface area contributed by atoms with Crippen molar-refractivity contribution in [2.75, 3.05) is 13.6 Å². The van der Waals surface area contributed by atoms with E-state index in [2.05, 4.69) is 6.92 Å². The maximum Gasteiger partial charge on any atom is 0.309 e. The van der Waals surface area contributed by atoms with Crippen LogP contribution in [0.2, 0.25) is 0 Å². The van der Waals surface area contributed by atoms with Crippen LogP contribution in [0.5, 0.6) is 0 Å². The first kappa shape index (κ1) is 17.7. The van der Waals surface area contributed by atoms with Crippen molar-refractivity contribution < 1.29 is 32.1 Å². The van der Waals surface area contributed by atoms with Gasteiger partial charge >= 0.3 is 5.91 Å². The molecule has 0 aromatic rings. The molecule has 1 unspecified atom stereocenters. The maximum absolute atomic E-state index is 9.25. The molecule has 0 aliphatic rings. The first-order chi connectivity index (χ1) is 6.48. The minimum Gasteiger partial charge on any atom is -1.00 e. The second-order valence-electron chi connectivity index (χ2n) is 4.32. The summed E-state index contributed by atoms with van der Waals surface area (Å²) in [7, 11) is 1.81. The second kappa shape index (κ2) is 9.58. The zero-order valence-corrected chi connectivity index (χ0v) is 11.8. The van der Waals surface area contributed by atoms with Gasteiger partial charge in [-0.25, -0.2) is 0 Å². The van der Waals surface area contributed by atoms with Crippen molar-refractivity contribution in [2.24, 2.45) is 0 Å². The van der Waals surface area contributed by atoms with E-state index in [1.165, 1.54) is 39.0 Å². The van der Waals surface area contributed by atoms with Crippen LogP contribution in [0.15, 0.2) is 0 Å². The van der Waals surface area contributed by atoms with Crippen LogP contribution in [0.1, 0.15) is 52.4 Å². The zero-order chi connectivity index (χ0) is 11.0. The third-order valence-corrected chi connectivity index (χ3v) is 2.71. The summed E-state index contributed by atoms with van der Waals surface area (Å²) in [5, 5.41) is 18.5. The van der Waals surface area contributed by atoms with Gasteiger partial charge in [-0.05, 0) is 12.8 Å². The largest absolute Gasteiger partial charge is 1.00 e. The zero-order valence-electron chi connectivity index (χ0n) is 10.2.